The molecule has 0 aliphatic rings. The van der Waals surface area contributed by atoms with Crippen LogP contribution in [0.3, 0.4) is 0 Å². The number of hydrogen-bond donors (Lipinski definition) is 1. The number of nitrogens with one attached hydrogen (secondary N) is 1. The first-order valence-corrected chi connectivity index (χ1v) is 8.41. The van der Waals surface area contributed by atoms with Crippen LogP contribution in [0.4, 0.5) is 0 Å². The normalized spacial score (nSPS) is 12.3. The molecule has 0 bridgehead atoms. The van der Waals surface area contributed by atoms with Gasteiger partial charge in [-0.15, -0.1) is 0 Å². The van der Waals surface area contributed by atoms with Crippen molar-refractivity contribution in [1.82, 2.24) is 15.3 Å². The minimum Gasteiger partial charge on any atom is -0.480 e. The molecule has 4 nitrogen and oxygen atoms in total. The van der Waals surface area contributed by atoms with Crippen LogP contribution in [-0.4, -0.2) is 23.6 Å². The number of unbranched alkanes of at least 4 members (excludes halogenated alkanes) is 6. The fourth-order valence-electron chi connectivity index (χ4n) is 2.62. The largest absolute Gasteiger partial charge is 0.480 e. The molecule has 0 spiro atoms. The number of aromatic nitrogens is 2. The van der Waals surface area contributed by atoms with Crippen LogP contribution in [0.25, 0.3) is 0 Å². The standard InChI is InChI=1S/C17H31N3O/c1-4-6-7-8-9-10-11-12-15(18-5-2)16-17(21-3)20-14-13-19-16/h13-15,18H,4-12H2,1-3H3. The molecular formula is C17H31N3O. The summed E-state index contributed by atoms with van der Waals surface area (Å²) in [5.74, 6) is 0.645. The fraction of sp³-hybridized carbons (Fsp3) is 0.765. The van der Waals surface area contributed by atoms with E-state index in [1.165, 1.54) is 44.9 Å². The maximum atomic E-state index is 5.33. The molecule has 0 saturated heterocycles. The zero-order chi connectivity index (χ0) is 15.3. The molecule has 1 atom stereocenters. The van der Waals surface area contributed by atoms with Gasteiger partial charge in [0, 0.05) is 12.4 Å². The molecule has 0 radical (unpaired) electrons. The highest BCUT2D eigenvalue weighted by Gasteiger charge is 2.17. The van der Waals surface area contributed by atoms with E-state index in [0.29, 0.717) is 5.88 Å². The average Bonchev–Trinajstić information content (AvgIpc) is 2.53. The summed E-state index contributed by atoms with van der Waals surface area (Å²) in [6.45, 7) is 5.32. The third-order valence-electron chi connectivity index (χ3n) is 3.76. The van der Waals surface area contributed by atoms with Crippen LogP contribution in [0.15, 0.2) is 12.4 Å². The molecule has 0 aliphatic carbocycles. The Kier molecular flexibility index (Phi) is 9.79. The van der Waals surface area contributed by atoms with Gasteiger partial charge in [-0.05, 0) is 13.0 Å². The van der Waals surface area contributed by atoms with Gasteiger partial charge in [0.2, 0.25) is 5.88 Å². The van der Waals surface area contributed by atoms with E-state index in [4.69, 9.17) is 4.74 Å². The van der Waals surface area contributed by atoms with Gasteiger partial charge in [0.25, 0.3) is 0 Å². The smallest absolute Gasteiger partial charge is 0.236 e. The van der Waals surface area contributed by atoms with Crippen LogP contribution in [0, 0.1) is 0 Å². The number of ether oxygens (including phenoxy) is 1. The first kappa shape index (κ1) is 17.9. The van der Waals surface area contributed by atoms with Crippen molar-refractivity contribution in [3.8, 4) is 5.88 Å². The van der Waals surface area contributed by atoms with Gasteiger partial charge in [-0.2, -0.15) is 0 Å². The Morgan fingerprint density at radius 2 is 1.67 bits per heavy atom. The molecule has 0 fully saturated rings. The van der Waals surface area contributed by atoms with E-state index in [1.54, 1.807) is 19.5 Å². The molecule has 1 heterocycles. The lowest BCUT2D eigenvalue weighted by Crippen LogP contribution is -2.22. The first-order chi connectivity index (χ1) is 10.3. The van der Waals surface area contributed by atoms with Crippen molar-refractivity contribution in [3.05, 3.63) is 18.1 Å². The summed E-state index contributed by atoms with van der Waals surface area (Å²) < 4.78 is 5.33. The van der Waals surface area contributed by atoms with Gasteiger partial charge in [-0.25, -0.2) is 4.98 Å². The predicted molar refractivity (Wildman–Crippen MR) is 87.6 cm³/mol. The highest BCUT2D eigenvalue weighted by molar-refractivity contribution is 5.21. The summed E-state index contributed by atoms with van der Waals surface area (Å²) in [7, 11) is 1.66. The number of hydrogen-bond acceptors (Lipinski definition) is 4. The topological polar surface area (TPSA) is 47.0 Å². The molecule has 1 aromatic rings. The van der Waals surface area contributed by atoms with E-state index in [0.717, 1.165) is 18.7 Å². The minimum absolute atomic E-state index is 0.245. The van der Waals surface area contributed by atoms with Gasteiger partial charge in [-0.3, -0.25) is 4.98 Å². The van der Waals surface area contributed by atoms with Crippen molar-refractivity contribution < 1.29 is 4.74 Å². The van der Waals surface area contributed by atoms with Crippen LogP contribution in [-0.2, 0) is 0 Å². The van der Waals surface area contributed by atoms with Crippen molar-refractivity contribution in [2.24, 2.45) is 0 Å². The van der Waals surface area contributed by atoms with Crippen molar-refractivity contribution in [2.75, 3.05) is 13.7 Å². The lowest BCUT2D eigenvalue weighted by molar-refractivity contribution is 0.371. The molecule has 1 rings (SSSR count). The maximum absolute atomic E-state index is 5.33. The van der Waals surface area contributed by atoms with Crippen molar-refractivity contribution in [1.29, 1.82) is 0 Å². The van der Waals surface area contributed by atoms with E-state index in [-0.39, 0.29) is 6.04 Å². The minimum atomic E-state index is 0.245. The summed E-state index contributed by atoms with van der Waals surface area (Å²) in [4.78, 5) is 8.71. The number of nitrogens with zero attached hydrogens (tertiary/aromatic N) is 2. The molecule has 120 valence electrons. The Bertz CT molecular complexity index is 371. The van der Waals surface area contributed by atoms with Gasteiger partial charge < -0.3 is 10.1 Å². The maximum Gasteiger partial charge on any atom is 0.236 e. The second kappa shape index (κ2) is 11.5. The van der Waals surface area contributed by atoms with Crippen molar-refractivity contribution >= 4 is 0 Å². The SMILES string of the molecule is CCCCCCCCCC(NCC)c1nccnc1OC. The Morgan fingerprint density at radius 1 is 1.00 bits per heavy atom. The van der Waals surface area contributed by atoms with E-state index in [9.17, 15) is 0 Å². The van der Waals surface area contributed by atoms with E-state index in [1.807, 2.05) is 0 Å². The third kappa shape index (κ3) is 6.89. The number of methoxy groups -OCH3 is 1. The molecule has 1 N–H and O–H groups in total. The second-order valence-electron chi connectivity index (χ2n) is 5.47. The first-order valence-electron chi connectivity index (χ1n) is 8.41. The Labute approximate surface area is 129 Å². The summed E-state index contributed by atoms with van der Waals surface area (Å²) >= 11 is 0. The second-order valence-corrected chi connectivity index (χ2v) is 5.47. The Morgan fingerprint density at radius 3 is 2.33 bits per heavy atom. The molecule has 1 aromatic heterocycles. The van der Waals surface area contributed by atoms with Gasteiger partial charge in [0.05, 0.1) is 13.2 Å². The van der Waals surface area contributed by atoms with Crippen LogP contribution >= 0.6 is 0 Å². The quantitative estimate of drug-likeness (QED) is 0.584. The molecular weight excluding hydrogens is 262 g/mol. The Balaban J connectivity index is 2.39. The average molecular weight is 293 g/mol. The van der Waals surface area contributed by atoms with Crippen LogP contribution < -0.4 is 10.1 Å². The summed E-state index contributed by atoms with van der Waals surface area (Å²) in [5, 5.41) is 3.50. The summed E-state index contributed by atoms with van der Waals surface area (Å²) in [6, 6.07) is 0.245. The molecule has 0 amide bonds. The Hall–Kier alpha value is -1.16. The molecule has 0 aliphatic heterocycles. The lowest BCUT2D eigenvalue weighted by atomic mass is 10.0. The van der Waals surface area contributed by atoms with Crippen LogP contribution in [0.2, 0.25) is 0 Å². The van der Waals surface area contributed by atoms with E-state index < -0.39 is 0 Å². The summed E-state index contributed by atoms with van der Waals surface area (Å²) in [6.07, 6.45) is 13.8. The number of rotatable bonds is 12. The fourth-order valence-corrected chi connectivity index (χ4v) is 2.62. The molecule has 0 aromatic carbocycles. The highest BCUT2D eigenvalue weighted by Crippen LogP contribution is 2.24. The predicted octanol–water partition coefficient (Wildman–Crippen LogP) is 4.28. The zero-order valence-electron chi connectivity index (χ0n) is 13.9. The third-order valence-corrected chi connectivity index (χ3v) is 3.76. The van der Waals surface area contributed by atoms with Gasteiger partial charge in [-0.1, -0.05) is 58.8 Å². The monoisotopic (exact) mass is 293 g/mol. The zero-order valence-corrected chi connectivity index (χ0v) is 13.9. The van der Waals surface area contributed by atoms with Crippen LogP contribution in [0.1, 0.15) is 76.9 Å². The van der Waals surface area contributed by atoms with Gasteiger partial charge >= 0.3 is 0 Å². The van der Waals surface area contributed by atoms with Crippen molar-refractivity contribution in [3.63, 3.8) is 0 Å². The van der Waals surface area contributed by atoms with Crippen molar-refractivity contribution in [2.45, 2.75) is 71.3 Å². The molecule has 1 unspecified atom stereocenters. The van der Waals surface area contributed by atoms with Gasteiger partial charge in [0.15, 0.2) is 0 Å². The van der Waals surface area contributed by atoms with E-state index >= 15 is 0 Å². The van der Waals surface area contributed by atoms with E-state index in [2.05, 4.69) is 29.1 Å². The molecule has 0 saturated carbocycles. The molecule has 4 heteroatoms. The van der Waals surface area contributed by atoms with Crippen LogP contribution in [0.5, 0.6) is 5.88 Å². The highest BCUT2D eigenvalue weighted by atomic mass is 16.5. The lowest BCUT2D eigenvalue weighted by Gasteiger charge is -2.18. The molecule has 21 heavy (non-hydrogen) atoms. The summed E-state index contributed by atoms with van der Waals surface area (Å²) in [5.41, 5.74) is 0.938. The van der Waals surface area contributed by atoms with Gasteiger partial charge in [0.1, 0.15) is 5.69 Å².